The van der Waals surface area contributed by atoms with Crippen LogP contribution < -0.4 is 15.0 Å². The summed E-state index contributed by atoms with van der Waals surface area (Å²) in [5, 5.41) is 3.31. The first-order valence-electron chi connectivity index (χ1n) is 11.4. The summed E-state index contributed by atoms with van der Waals surface area (Å²) in [5.41, 5.74) is 2.04. The second-order valence-corrected chi connectivity index (χ2v) is 8.52. The molecule has 4 amide bonds. The van der Waals surface area contributed by atoms with Gasteiger partial charge in [0.05, 0.1) is 18.7 Å². The fourth-order valence-electron chi connectivity index (χ4n) is 4.00. The normalized spacial score (nSPS) is 15.4. The molecule has 0 aliphatic carbocycles. The molecule has 1 atom stereocenters. The Morgan fingerprint density at radius 2 is 1.66 bits per heavy atom. The topological polar surface area (TPSA) is 79.0 Å². The molecule has 8 heteroatoms. The number of anilines is 2. The largest absolute Gasteiger partial charge is 0.494 e. The number of benzene rings is 3. The van der Waals surface area contributed by atoms with Crippen LogP contribution in [0.25, 0.3) is 0 Å². The minimum atomic E-state index is -0.912. The molecule has 0 spiro atoms. The van der Waals surface area contributed by atoms with E-state index >= 15 is 0 Å². The number of carbonyl (C=O) groups is 3. The van der Waals surface area contributed by atoms with E-state index < -0.39 is 18.0 Å². The lowest BCUT2D eigenvalue weighted by molar-refractivity contribution is -0.124. The molecule has 0 bridgehead atoms. The van der Waals surface area contributed by atoms with E-state index in [1.54, 1.807) is 48.5 Å². The molecule has 0 aromatic heterocycles. The Bertz CT molecular complexity index is 1180. The fraction of sp³-hybridized carbons (Fsp3) is 0.222. The van der Waals surface area contributed by atoms with Crippen molar-refractivity contribution in [3.05, 3.63) is 89.4 Å². The summed E-state index contributed by atoms with van der Waals surface area (Å²) in [6.45, 7) is 2.75. The molecule has 180 valence electrons. The van der Waals surface area contributed by atoms with Crippen molar-refractivity contribution in [3.63, 3.8) is 0 Å². The predicted molar refractivity (Wildman–Crippen MR) is 136 cm³/mol. The van der Waals surface area contributed by atoms with Gasteiger partial charge in [0.15, 0.2) is 0 Å². The molecule has 1 aliphatic rings. The van der Waals surface area contributed by atoms with Gasteiger partial charge in [0.2, 0.25) is 5.91 Å². The number of amides is 4. The highest BCUT2D eigenvalue weighted by Crippen LogP contribution is 2.28. The lowest BCUT2D eigenvalue weighted by atomic mass is 10.1. The number of hydrogen-bond acceptors (Lipinski definition) is 4. The van der Waals surface area contributed by atoms with Gasteiger partial charge >= 0.3 is 6.03 Å². The molecule has 4 rings (SSSR count). The number of nitrogens with one attached hydrogen (secondary N) is 1. The van der Waals surface area contributed by atoms with Crippen LogP contribution in [0.15, 0.2) is 78.9 Å². The van der Waals surface area contributed by atoms with Gasteiger partial charge in [0.1, 0.15) is 11.8 Å². The van der Waals surface area contributed by atoms with Crippen LogP contribution in [0.1, 0.15) is 18.9 Å². The summed E-state index contributed by atoms with van der Waals surface area (Å²) in [7, 11) is 0. The maximum atomic E-state index is 13.4. The SMILES string of the molecule is CCOc1ccc(NC(=O)CC2C(=O)N(c3ccc(Cl)cc3)C(=O)N2CCc2ccccc2)cc1. The molecular formula is C27H26ClN3O4. The van der Waals surface area contributed by atoms with E-state index in [1.165, 1.54) is 4.90 Å². The highest BCUT2D eigenvalue weighted by molar-refractivity contribution is 6.30. The van der Waals surface area contributed by atoms with Crippen LogP contribution in [-0.2, 0) is 16.0 Å². The summed E-state index contributed by atoms with van der Waals surface area (Å²) in [6.07, 6.45) is 0.405. The number of imide groups is 1. The Balaban J connectivity index is 1.52. The van der Waals surface area contributed by atoms with Crippen LogP contribution in [0.4, 0.5) is 16.2 Å². The van der Waals surface area contributed by atoms with Gasteiger partial charge in [0, 0.05) is 17.3 Å². The zero-order valence-electron chi connectivity index (χ0n) is 19.3. The van der Waals surface area contributed by atoms with Gasteiger partial charge in [-0.1, -0.05) is 41.9 Å². The van der Waals surface area contributed by atoms with E-state index in [0.29, 0.717) is 41.7 Å². The average Bonchev–Trinajstić information content (AvgIpc) is 3.09. The van der Waals surface area contributed by atoms with Gasteiger partial charge in [-0.2, -0.15) is 0 Å². The number of nitrogens with zero attached hydrogens (tertiary/aromatic N) is 2. The van der Waals surface area contributed by atoms with Crippen molar-refractivity contribution in [2.24, 2.45) is 0 Å². The molecule has 1 N–H and O–H groups in total. The standard InChI is InChI=1S/C27H26ClN3O4/c1-2-35-23-14-10-21(11-15-23)29-25(32)18-24-26(33)31(22-12-8-20(28)9-13-22)27(34)30(24)17-16-19-6-4-3-5-7-19/h3-15,24H,2,16-18H2,1H3,(H,29,32). The van der Waals surface area contributed by atoms with Gasteiger partial charge in [-0.25, -0.2) is 9.69 Å². The molecule has 3 aromatic rings. The second kappa shape index (κ2) is 11.1. The molecule has 0 radical (unpaired) electrons. The smallest absolute Gasteiger partial charge is 0.332 e. The number of urea groups is 1. The first-order chi connectivity index (χ1) is 17.0. The van der Waals surface area contributed by atoms with Crippen molar-refractivity contribution < 1.29 is 19.1 Å². The van der Waals surface area contributed by atoms with Crippen LogP contribution in [0.5, 0.6) is 5.75 Å². The van der Waals surface area contributed by atoms with E-state index in [-0.39, 0.29) is 12.3 Å². The Hall–Kier alpha value is -3.84. The van der Waals surface area contributed by atoms with Crippen molar-refractivity contribution in [1.82, 2.24) is 4.90 Å². The number of ether oxygens (including phenoxy) is 1. The second-order valence-electron chi connectivity index (χ2n) is 8.09. The quantitative estimate of drug-likeness (QED) is 0.420. The number of halogens is 1. The first kappa shape index (κ1) is 24.3. The average molecular weight is 492 g/mol. The number of rotatable bonds is 9. The lowest BCUT2D eigenvalue weighted by Gasteiger charge is -2.21. The van der Waals surface area contributed by atoms with Gasteiger partial charge in [-0.05, 0) is 67.4 Å². The lowest BCUT2D eigenvalue weighted by Crippen LogP contribution is -2.39. The number of carbonyl (C=O) groups excluding carboxylic acids is 3. The minimum absolute atomic E-state index is 0.156. The van der Waals surface area contributed by atoms with Crippen molar-refractivity contribution >= 4 is 40.8 Å². The van der Waals surface area contributed by atoms with Crippen LogP contribution in [0.2, 0.25) is 5.02 Å². The fourth-order valence-corrected chi connectivity index (χ4v) is 4.12. The molecule has 1 saturated heterocycles. The monoisotopic (exact) mass is 491 g/mol. The van der Waals surface area contributed by atoms with Crippen LogP contribution in [-0.4, -0.2) is 41.9 Å². The van der Waals surface area contributed by atoms with Crippen LogP contribution in [0.3, 0.4) is 0 Å². The van der Waals surface area contributed by atoms with Crippen molar-refractivity contribution in [2.75, 3.05) is 23.4 Å². The first-order valence-corrected chi connectivity index (χ1v) is 11.8. The van der Waals surface area contributed by atoms with Crippen molar-refractivity contribution in [3.8, 4) is 5.75 Å². The summed E-state index contributed by atoms with van der Waals surface area (Å²) in [5.74, 6) is -0.0945. The zero-order valence-corrected chi connectivity index (χ0v) is 20.1. The molecule has 3 aromatic carbocycles. The third-order valence-corrected chi connectivity index (χ3v) is 5.97. The molecule has 0 saturated carbocycles. The summed E-state index contributed by atoms with van der Waals surface area (Å²) in [4.78, 5) is 42.2. The van der Waals surface area contributed by atoms with Gasteiger partial charge < -0.3 is 15.0 Å². The number of hydrogen-bond donors (Lipinski definition) is 1. The van der Waals surface area contributed by atoms with E-state index in [0.717, 1.165) is 10.5 Å². The van der Waals surface area contributed by atoms with E-state index in [4.69, 9.17) is 16.3 Å². The van der Waals surface area contributed by atoms with Crippen molar-refractivity contribution in [1.29, 1.82) is 0 Å². The molecular weight excluding hydrogens is 466 g/mol. The Labute approximate surface area is 209 Å². The maximum Gasteiger partial charge on any atom is 0.332 e. The van der Waals surface area contributed by atoms with E-state index in [2.05, 4.69) is 5.32 Å². The molecule has 1 unspecified atom stereocenters. The van der Waals surface area contributed by atoms with E-state index in [1.807, 2.05) is 37.3 Å². The molecule has 1 heterocycles. The van der Waals surface area contributed by atoms with Gasteiger partial charge in [-0.3, -0.25) is 9.59 Å². The minimum Gasteiger partial charge on any atom is -0.494 e. The van der Waals surface area contributed by atoms with Crippen LogP contribution >= 0.6 is 11.6 Å². The molecule has 1 aliphatic heterocycles. The highest BCUT2D eigenvalue weighted by Gasteiger charge is 2.46. The Morgan fingerprint density at radius 1 is 0.971 bits per heavy atom. The third kappa shape index (κ3) is 5.81. The molecule has 1 fully saturated rings. The van der Waals surface area contributed by atoms with Crippen LogP contribution in [0, 0.1) is 0 Å². The van der Waals surface area contributed by atoms with Gasteiger partial charge in [0.25, 0.3) is 5.91 Å². The zero-order chi connectivity index (χ0) is 24.8. The maximum absolute atomic E-state index is 13.4. The highest BCUT2D eigenvalue weighted by atomic mass is 35.5. The van der Waals surface area contributed by atoms with E-state index in [9.17, 15) is 14.4 Å². The van der Waals surface area contributed by atoms with Gasteiger partial charge in [-0.15, -0.1) is 0 Å². The summed E-state index contributed by atoms with van der Waals surface area (Å²) < 4.78 is 5.42. The molecule has 35 heavy (non-hydrogen) atoms. The third-order valence-electron chi connectivity index (χ3n) is 5.72. The molecule has 7 nitrogen and oxygen atoms in total. The Morgan fingerprint density at radius 3 is 2.31 bits per heavy atom. The Kier molecular flexibility index (Phi) is 7.67. The van der Waals surface area contributed by atoms with Crippen molar-refractivity contribution in [2.45, 2.75) is 25.8 Å². The predicted octanol–water partition coefficient (Wildman–Crippen LogP) is 5.15. The summed E-state index contributed by atoms with van der Waals surface area (Å²) in [6, 6.07) is 21.8. The summed E-state index contributed by atoms with van der Waals surface area (Å²) >= 11 is 5.98.